The molecule has 8 heteroatoms. The molecule has 0 aliphatic rings. The molecule has 0 aliphatic heterocycles. The van der Waals surface area contributed by atoms with Gasteiger partial charge in [0.1, 0.15) is 5.69 Å². The topological polar surface area (TPSA) is 85.6 Å². The number of rotatable bonds is 5. The largest absolute Gasteiger partial charge is 0.345 e. The molecule has 28 heavy (non-hydrogen) atoms. The molecule has 7 nitrogen and oxygen atoms in total. The van der Waals surface area contributed by atoms with Crippen LogP contribution in [-0.4, -0.2) is 30.9 Å². The molecule has 0 saturated carbocycles. The van der Waals surface area contributed by atoms with Crippen molar-refractivity contribution in [3.8, 4) is 16.9 Å². The van der Waals surface area contributed by atoms with E-state index >= 15 is 0 Å². The third kappa shape index (κ3) is 3.60. The Morgan fingerprint density at radius 2 is 1.79 bits per heavy atom. The first-order chi connectivity index (χ1) is 13.7. The standard InChI is InChI=1S/C20H15ClN6O/c21-16-6-1-2-7-17(16)27-19(14-8-11-22-12-9-14)18(25-26-27)20(28)24-13-15-5-3-4-10-23-15/h1-12H,13H2,(H,24,28). The highest BCUT2D eigenvalue weighted by Crippen LogP contribution is 2.28. The Bertz CT molecular complexity index is 1100. The van der Waals surface area contributed by atoms with Crippen LogP contribution in [0.15, 0.2) is 73.2 Å². The summed E-state index contributed by atoms with van der Waals surface area (Å²) < 4.78 is 1.56. The number of nitrogens with one attached hydrogen (secondary N) is 1. The van der Waals surface area contributed by atoms with Crippen LogP contribution in [0, 0.1) is 0 Å². The number of nitrogens with zero attached hydrogens (tertiary/aromatic N) is 5. The van der Waals surface area contributed by atoms with Crippen LogP contribution in [0.1, 0.15) is 16.2 Å². The minimum absolute atomic E-state index is 0.196. The maximum absolute atomic E-state index is 12.8. The van der Waals surface area contributed by atoms with E-state index in [2.05, 4.69) is 25.6 Å². The maximum Gasteiger partial charge on any atom is 0.274 e. The Labute approximate surface area is 166 Å². The average molecular weight is 391 g/mol. The van der Waals surface area contributed by atoms with Crippen molar-refractivity contribution in [2.24, 2.45) is 0 Å². The molecule has 0 fully saturated rings. The molecule has 0 aliphatic carbocycles. The van der Waals surface area contributed by atoms with E-state index in [1.54, 1.807) is 41.5 Å². The molecule has 3 heterocycles. The van der Waals surface area contributed by atoms with Gasteiger partial charge in [-0.15, -0.1) is 5.10 Å². The zero-order chi connectivity index (χ0) is 19.3. The van der Waals surface area contributed by atoms with Crippen molar-refractivity contribution in [2.45, 2.75) is 6.54 Å². The van der Waals surface area contributed by atoms with E-state index in [9.17, 15) is 4.79 Å². The first-order valence-electron chi connectivity index (χ1n) is 8.53. The number of hydrogen-bond donors (Lipinski definition) is 1. The molecule has 0 unspecified atom stereocenters. The highest BCUT2D eigenvalue weighted by atomic mass is 35.5. The van der Waals surface area contributed by atoms with Gasteiger partial charge in [-0.05, 0) is 36.4 Å². The van der Waals surface area contributed by atoms with E-state index < -0.39 is 0 Å². The number of halogens is 1. The summed E-state index contributed by atoms with van der Waals surface area (Å²) >= 11 is 6.34. The Morgan fingerprint density at radius 1 is 1.00 bits per heavy atom. The second-order valence-electron chi connectivity index (χ2n) is 5.89. The van der Waals surface area contributed by atoms with Gasteiger partial charge in [0.25, 0.3) is 5.91 Å². The van der Waals surface area contributed by atoms with Crippen molar-refractivity contribution in [3.05, 3.63) is 89.6 Å². The predicted octanol–water partition coefficient (Wildman–Crippen LogP) is 3.31. The molecule has 138 valence electrons. The fourth-order valence-corrected chi connectivity index (χ4v) is 2.97. The van der Waals surface area contributed by atoms with Crippen molar-refractivity contribution in [2.75, 3.05) is 0 Å². The molecule has 0 atom stereocenters. The van der Waals surface area contributed by atoms with Crippen LogP contribution in [0.4, 0.5) is 0 Å². The summed E-state index contributed by atoms with van der Waals surface area (Å²) in [6.07, 6.45) is 4.97. The van der Waals surface area contributed by atoms with E-state index in [-0.39, 0.29) is 18.1 Å². The van der Waals surface area contributed by atoms with Crippen LogP contribution < -0.4 is 5.32 Å². The van der Waals surface area contributed by atoms with Gasteiger partial charge < -0.3 is 5.32 Å². The number of para-hydroxylation sites is 1. The normalized spacial score (nSPS) is 10.6. The van der Waals surface area contributed by atoms with Gasteiger partial charge in [0.15, 0.2) is 5.69 Å². The monoisotopic (exact) mass is 390 g/mol. The molecule has 0 spiro atoms. The van der Waals surface area contributed by atoms with Crippen LogP contribution in [-0.2, 0) is 6.54 Å². The van der Waals surface area contributed by atoms with Gasteiger partial charge in [-0.25, -0.2) is 4.68 Å². The summed E-state index contributed by atoms with van der Waals surface area (Å²) in [6.45, 7) is 0.286. The first kappa shape index (κ1) is 17.8. The van der Waals surface area contributed by atoms with Gasteiger partial charge in [-0.3, -0.25) is 14.8 Å². The predicted molar refractivity (Wildman–Crippen MR) is 105 cm³/mol. The Kier molecular flexibility index (Phi) is 5.07. The van der Waals surface area contributed by atoms with Gasteiger partial charge in [-0.2, -0.15) is 0 Å². The lowest BCUT2D eigenvalue weighted by Crippen LogP contribution is -2.24. The maximum atomic E-state index is 12.8. The fraction of sp³-hybridized carbons (Fsp3) is 0.0500. The lowest BCUT2D eigenvalue weighted by molar-refractivity contribution is 0.0946. The lowest BCUT2D eigenvalue weighted by atomic mass is 10.1. The molecule has 1 aromatic carbocycles. The van der Waals surface area contributed by atoms with Crippen LogP contribution in [0.3, 0.4) is 0 Å². The van der Waals surface area contributed by atoms with Gasteiger partial charge in [0, 0.05) is 24.2 Å². The molecule has 4 aromatic rings. The van der Waals surface area contributed by atoms with Crippen LogP contribution in [0.5, 0.6) is 0 Å². The van der Waals surface area contributed by atoms with Gasteiger partial charge >= 0.3 is 0 Å². The van der Waals surface area contributed by atoms with Crippen molar-refractivity contribution in [3.63, 3.8) is 0 Å². The van der Waals surface area contributed by atoms with E-state index in [0.717, 1.165) is 11.3 Å². The van der Waals surface area contributed by atoms with E-state index in [1.807, 2.05) is 36.4 Å². The Balaban J connectivity index is 1.73. The van der Waals surface area contributed by atoms with Gasteiger partial charge in [-0.1, -0.05) is 35.0 Å². The minimum Gasteiger partial charge on any atom is -0.345 e. The number of amides is 1. The number of benzene rings is 1. The zero-order valence-corrected chi connectivity index (χ0v) is 15.4. The zero-order valence-electron chi connectivity index (χ0n) is 14.7. The summed E-state index contributed by atoms with van der Waals surface area (Å²) in [5, 5.41) is 11.7. The summed E-state index contributed by atoms with van der Waals surface area (Å²) in [6, 6.07) is 16.4. The lowest BCUT2D eigenvalue weighted by Gasteiger charge is -2.10. The number of carbonyl (C=O) groups is 1. The number of hydrogen-bond acceptors (Lipinski definition) is 5. The Morgan fingerprint density at radius 3 is 2.54 bits per heavy atom. The SMILES string of the molecule is O=C(NCc1ccccn1)c1nnn(-c2ccccc2Cl)c1-c1ccncc1. The van der Waals surface area contributed by atoms with E-state index in [1.165, 1.54) is 0 Å². The molecule has 3 aromatic heterocycles. The van der Waals surface area contributed by atoms with Gasteiger partial charge in [0.2, 0.25) is 0 Å². The third-order valence-corrected chi connectivity index (χ3v) is 4.40. The number of pyridine rings is 2. The Hall–Kier alpha value is -3.58. The summed E-state index contributed by atoms with van der Waals surface area (Å²) in [5.41, 5.74) is 2.87. The fourth-order valence-electron chi connectivity index (χ4n) is 2.75. The highest BCUT2D eigenvalue weighted by molar-refractivity contribution is 6.32. The van der Waals surface area contributed by atoms with Crippen molar-refractivity contribution in [1.82, 2.24) is 30.3 Å². The van der Waals surface area contributed by atoms with Gasteiger partial charge in [0.05, 0.1) is 22.9 Å². The van der Waals surface area contributed by atoms with Crippen molar-refractivity contribution < 1.29 is 4.79 Å². The molecular weight excluding hydrogens is 376 g/mol. The summed E-state index contributed by atoms with van der Waals surface area (Å²) in [5.74, 6) is -0.351. The molecule has 0 radical (unpaired) electrons. The number of aromatic nitrogens is 5. The molecular formula is C20H15ClN6O. The quantitative estimate of drug-likeness (QED) is 0.565. The van der Waals surface area contributed by atoms with E-state index in [0.29, 0.717) is 16.4 Å². The molecule has 0 saturated heterocycles. The molecule has 0 bridgehead atoms. The molecule has 1 N–H and O–H groups in total. The molecule has 4 rings (SSSR count). The van der Waals surface area contributed by atoms with Crippen LogP contribution in [0.25, 0.3) is 16.9 Å². The first-order valence-corrected chi connectivity index (χ1v) is 8.91. The smallest absolute Gasteiger partial charge is 0.274 e. The van der Waals surface area contributed by atoms with E-state index in [4.69, 9.17) is 11.6 Å². The summed E-state index contributed by atoms with van der Waals surface area (Å²) in [7, 11) is 0. The average Bonchev–Trinajstić information content (AvgIpc) is 3.19. The van der Waals surface area contributed by atoms with Crippen molar-refractivity contribution >= 4 is 17.5 Å². The second-order valence-corrected chi connectivity index (χ2v) is 6.30. The van der Waals surface area contributed by atoms with Crippen LogP contribution >= 0.6 is 11.6 Å². The second kappa shape index (κ2) is 7.98. The van der Waals surface area contributed by atoms with Crippen molar-refractivity contribution in [1.29, 1.82) is 0 Å². The molecule has 1 amide bonds. The third-order valence-electron chi connectivity index (χ3n) is 4.08. The number of carbonyl (C=O) groups excluding carboxylic acids is 1. The minimum atomic E-state index is -0.351. The van der Waals surface area contributed by atoms with Crippen LogP contribution in [0.2, 0.25) is 5.02 Å². The summed E-state index contributed by atoms with van der Waals surface area (Å²) in [4.78, 5) is 21.1. The highest BCUT2D eigenvalue weighted by Gasteiger charge is 2.23.